The van der Waals surface area contributed by atoms with Crippen LogP contribution in [0.5, 0.6) is 0 Å². The summed E-state index contributed by atoms with van der Waals surface area (Å²) >= 11 is 0. The maximum atomic E-state index is 3.73. The maximum Gasteiger partial charge on any atom is 0.0221 e. The van der Waals surface area contributed by atoms with E-state index in [1.807, 2.05) is 0 Å². The maximum absolute atomic E-state index is 3.73. The fourth-order valence-electron chi connectivity index (χ4n) is 2.79. The van der Waals surface area contributed by atoms with Gasteiger partial charge in [0.05, 0.1) is 0 Å². The van der Waals surface area contributed by atoms with Gasteiger partial charge in [-0.2, -0.15) is 0 Å². The predicted octanol–water partition coefficient (Wildman–Crippen LogP) is 3.28. The van der Waals surface area contributed by atoms with E-state index in [1.54, 1.807) is 0 Å². The normalized spacial score (nSPS) is 26.6. The Hall–Kier alpha value is -0.0800. The van der Waals surface area contributed by atoms with Crippen LogP contribution in [0.1, 0.15) is 59.8 Å². The van der Waals surface area contributed by atoms with Crippen LogP contribution in [0.15, 0.2) is 0 Å². The summed E-state index contributed by atoms with van der Waals surface area (Å²) in [5.74, 6) is 0.830. The van der Waals surface area contributed by atoms with Crippen molar-refractivity contribution < 1.29 is 0 Å². The topological polar surface area (TPSA) is 15.3 Å². The summed E-state index contributed by atoms with van der Waals surface area (Å²) in [7, 11) is 0. The van der Waals surface area contributed by atoms with Gasteiger partial charge < -0.3 is 5.32 Å². The van der Waals surface area contributed by atoms with Crippen LogP contribution < -0.4 is 5.32 Å². The minimum absolute atomic E-state index is 0.736. The zero-order chi connectivity index (χ0) is 12.7. The monoisotopic (exact) mass is 240 g/mol. The van der Waals surface area contributed by atoms with Gasteiger partial charge in [0.1, 0.15) is 0 Å². The van der Waals surface area contributed by atoms with Crippen LogP contribution in [0.2, 0.25) is 0 Å². The fourth-order valence-corrected chi connectivity index (χ4v) is 2.79. The van der Waals surface area contributed by atoms with Crippen LogP contribution >= 0.6 is 0 Å². The fraction of sp³-hybridized carbons (Fsp3) is 1.00. The summed E-state index contributed by atoms with van der Waals surface area (Å²) in [5.41, 5.74) is 0. The van der Waals surface area contributed by atoms with Crippen molar-refractivity contribution in [2.24, 2.45) is 5.92 Å². The lowest BCUT2D eigenvalue weighted by molar-refractivity contribution is 0.113. The average Bonchev–Trinajstić information content (AvgIpc) is 2.29. The van der Waals surface area contributed by atoms with Crippen molar-refractivity contribution in [3.63, 3.8) is 0 Å². The molecule has 0 spiro atoms. The van der Waals surface area contributed by atoms with Crippen LogP contribution in [0.25, 0.3) is 0 Å². The van der Waals surface area contributed by atoms with Crippen molar-refractivity contribution in [1.29, 1.82) is 0 Å². The second-order valence-corrected chi connectivity index (χ2v) is 6.01. The number of rotatable bonds is 7. The van der Waals surface area contributed by atoms with Crippen LogP contribution in [0.4, 0.5) is 0 Å². The number of hydrogen-bond donors (Lipinski definition) is 1. The van der Waals surface area contributed by atoms with Crippen molar-refractivity contribution >= 4 is 0 Å². The summed E-state index contributed by atoms with van der Waals surface area (Å²) in [4.78, 5) is 2.75. The van der Waals surface area contributed by atoms with E-state index in [4.69, 9.17) is 0 Å². The van der Waals surface area contributed by atoms with Gasteiger partial charge in [0.25, 0.3) is 0 Å². The summed E-state index contributed by atoms with van der Waals surface area (Å²) in [6, 6.07) is 1.52. The molecule has 0 aliphatic carbocycles. The molecule has 0 aromatic heterocycles. The molecule has 0 aromatic carbocycles. The lowest BCUT2D eigenvalue weighted by atomic mass is 10.0. The second-order valence-electron chi connectivity index (χ2n) is 6.01. The molecule has 17 heavy (non-hydrogen) atoms. The lowest BCUT2D eigenvalue weighted by Crippen LogP contribution is -2.56. The second kappa shape index (κ2) is 8.10. The molecule has 1 heterocycles. The molecule has 0 saturated carbocycles. The molecule has 0 amide bonds. The summed E-state index contributed by atoms with van der Waals surface area (Å²) < 4.78 is 0. The minimum Gasteiger partial charge on any atom is -0.311 e. The molecule has 1 aliphatic heterocycles. The Bertz CT molecular complexity index is 191. The zero-order valence-corrected chi connectivity index (χ0v) is 12.3. The van der Waals surface area contributed by atoms with Gasteiger partial charge >= 0.3 is 0 Å². The molecule has 2 heteroatoms. The van der Waals surface area contributed by atoms with E-state index < -0.39 is 0 Å². The summed E-state index contributed by atoms with van der Waals surface area (Å²) in [6.07, 6.45) is 6.64. The Morgan fingerprint density at radius 2 is 1.88 bits per heavy atom. The highest BCUT2D eigenvalue weighted by Crippen LogP contribution is 2.16. The Morgan fingerprint density at radius 3 is 2.47 bits per heavy atom. The molecule has 0 radical (unpaired) electrons. The standard InChI is InChI=1S/C15H32N2/c1-5-7-14-12-17(10-9-13(3)4)15(8-6-2)11-16-14/h13-16H,5-12H2,1-4H3. The van der Waals surface area contributed by atoms with Crippen molar-refractivity contribution in [3.8, 4) is 0 Å². The average molecular weight is 240 g/mol. The van der Waals surface area contributed by atoms with Gasteiger partial charge in [0, 0.05) is 25.2 Å². The highest BCUT2D eigenvalue weighted by Gasteiger charge is 2.26. The third-order valence-corrected chi connectivity index (χ3v) is 3.87. The van der Waals surface area contributed by atoms with E-state index in [-0.39, 0.29) is 0 Å². The van der Waals surface area contributed by atoms with Crippen molar-refractivity contribution in [1.82, 2.24) is 10.2 Å². The molecule has 1 fully saturated rings. The SMILES string of the molecule is CCCC1CN(CCC(C)C)C(CCC)CN1. The van der Waals surface area contributed by atoms with Gasteiger partial charge in [-0.25, -0.2) is 0 Å². The molecular weight excluding hydrogens is 208 g/mol. The van der Waals surface area contributed by atoms with Crippen LogP contribution in [0.3, 0.4) is 0 Å². The third kappa shape index (κ3) is 5.39. The molecule has 1 saturated heterocycles. The van der Waals surface area contributed by atoms with Gasteiger partial charge in [-0.05, 0) is 31.7 Å². The minimum atomic E-state index is 0.736. The largest absolute Gasteiger partial charge is 0.311 e. The summed E-state index contributed by atoms with van der Waals surface area (Å²) in [6.45, 7) is 13.0. The van der Waals surface area contributed by atoms with E-state index >= 15 is 0 Å². The highest BCUT2D eigenvalue weighted by atomic mass is 15.2. The molecule has 1 N–H and O–H groups in total. The first-order chi connectivity index (χ1) is 8.17. The van der Waals surface area contributed by atoms with Gasteiger partial charge in [-0.15, -0.1) is 0 Å². The molecule has 102 valence electrons. The van der Waals surface area contributed by atoms with Gasteiger partial charge in [0.2, 0.25) is 0 Å². The first-order valence-electron chi connectivity index (χ1n) is 7.64. The molecular formula is C15H32N2. The van der Waals surface area contributed by atoms with Crippen LogP contribution in [-0.4, -0.2) is 36.6 Å². The first-order valence-corrected chi connectivity index (χ1v) is 7.64. The van der Waals surface area contributed by atoms with Crippen molar-refractivity contribution in [2.45, 2.75) is 71.9 Å². The number of piperazine rings is 1. The Morgan fingerprint density at radius 1 is 1.18 bits per heavy atom. The van der Waals surface area contributed by atoms with Crippen molar-refractivity contribution in [3.05, 3.63) is 0 Å². The summed E-state index contributed by atoms with van der Waals surface area (Å²) in [5, 5.41) is 3.73. The quantitative estimate of drug-likeness (QED) is 0.735. The lowest BCUT2D eigenvalue weighted by Gasteiger charge is -2.41. The van der Waals surface area contributed by atoms with Gasteiger partial charge in [0.15, 0.2) is 0 Å². The molecule has 2 unspecified atom stereocenters. The molecule has 2 atom stereocenters. The zero-order valence-electron chi connectivity index (χ0n) is 12.3. The van der Waals surface area contributed by atoms with Gasteiger partial charge in [-0.1, -0.05) is 40.5 Å². The van der Waals surface area contributed by atoms with E-state index in [9.17, 15) is 0 Å². The number of nitrogens with one attached hydrogen (secondary N) is 1. The Kier molecular flexibility index (Phi) is 7.14. The number of hydrogen-bond acceptors (Lipinski definition) is 2. The highest BCUT2D eigenvalue weighted by molar-refractivity contribution is 4.85. The molecule has 0 bridgehead atoms. The number of nitrogens with zero attached hydrogens (tertiary/aromatic N) is 1. The molecule has 1 aliphatic rings. The smallest absolute Gasteiger partial charge is 0.0221 e. The Balaban J connectivity index is 2.43. The van der Waals surface area contributed by atoms with E-state index in [2.05, 4.69) is 37.9 Å². The Labute approximate surface area is 108 Å². The third-order valence-electron chi connectivity index (χ3n) is 3.87. The van der Waals surface area contributed by atoms with E-state index in [0.29, 0.717) is 0 Å². The van der Waals surface area contributed by atoms with Crippen LogP contribution in [-0.2, 0) is 0 Å². The van der Waals surface area contributed by atoms with Crippen molar-refractivity contribution in [2.75, 3.05) is 19.6 Å². The van der Waals surface area contributed by atoms with Gasteiger partial charge in [-0.3, -0.25) is 4.90 Å². The first kappa shape index (κ1) is 15.0. The molecule has 0 aromatic rings. The molecule has 1 rings (SSSR count). The molecule has 2 nitrogen and oxygen atoms in total. The predicted molar refractivity (Wildman–Crippen MR) is 76.4 cm³/mol. The van der Waals surface area contributed by atoms with E-state index in [0.717, 1.165) is 18.0 Å². The van der Waals surface area contributed by atoms with E-state index in [1.165, 1.54) is 51.7 Å². The van der Waals surface area contributed by atoms with Crippen LogP contribution in [0, 0.1) is 5.92 Å².